The SMILES string of the molecule is CCC(O)(CC)c1nccn1C1CCCCC1. The quantitative estimate of drug-likeness (QED) is 0.870. The predicted molar refractivity (Wildman–Crippen MR) is 68.8 cm³/mol. The molecule has 1 aromatic rings. The monoisotopic (exact) mass is 236 g/mol. The van der Waals surface area contributed by atoms with E-state index in [1.54, 1.807) is 0 Å². The number of hydrogen-bond donors (Lipinski definition) is 1. The summed E-state index contributed by atoms with van der Waals surface area (Å²) in [5.74, 6) is 0.870. The molecular weight excluding hydrogens is 212 g/mol. The Kier molecular flexibility index (Phi) is 3.87. The molecule has 0 bridgehead atoms. The number of hydrogen-bond acceptors (Lipinski definition) is 2. The molecule has 0 saturated heterocycles. The van der Waals surface area contributed by atoms with E-state index >= 15 is 0 Å². The second-order valence-electron chi connectivity index (χ2n) is 5.19. The fraction of sp³-hybridized carbons (Fsp3) is 0.786. The molecule has 0 aromatic carbocycles. The van der Waals surface area contributed by atoms with Gasteiger partial charge in [0.2, 0.25) is 0 Å². The summed E-state index contributed by atoms with van der Waals surface area (Å²) in [5.41, 5.74) is -0.749. The number of imidazole rings is 1. The molecule has 0 amide bonds. The van der Waals surface area contributed by atoms with Crippen LogP contribution in [0.5, 0.6) is 0 Å². The van der Waals surface area contributed by atoms with Crippen molar-refractivity contribution in [2.75, 3.05) is 0 Å². The molecule has 1 heterocycles. The molecule has 0 spiro atoms. The van der Waals surface area contributed by atoms with E-state index in [4.69, 9.17) is 0 Å². The Labute approximate surface area is 104 Å². The van der Waals surface area contributed by atoms with Crippen LogP contribution in [0.2, 0.25) is 0 Å². The van der Waals surface area contributed by atoms with Crippen LogP contribution in [0.4, 0.5) is 0 Å². The Morgan fingerprint density at radius 1 is 1.29 bits per heavy atom. The maximum absolute atomic E-state index is 10.6. The van der Waals surface area contributed by atoms with Crippen molar-refractivity contribution in [1.82, 2.24) is 9.55 Å². The van der Waals surface area contributed by atoms with E-state index in [9.17, 15) is 5.11 Å². The van der Waals surface area contributed by atoms with Crippen molar-refractivity contribution >= 4 is 0 Å². The van der Waals surface area contributed by atoms with Crippen molar-refractivity contribution in [2.45, 2.75) is 70.4 Å². The van der Waals surface area contributed by atoms with E-state index in [-0.39, 0.29) is 0 Å². The maximum atomic E-state index is 10.6. The van der Waals surface area contributed by atoms with E-state index in [0.29, 0.717) is 6.04 Å². The highest BCUT2D eigenvalue weighted by Crippen LogP contribution is 2.34. The van der Waals surface area contributed by atoms with Gasteiger partial charge in [-0.2, -0.15) is 0 Å². The molecule has 2 rings (SSSR count). The highest BCUT2D eigenvalue weighted by Gasteiger charge is 2.31. The number of aliphatic hydroxyl groups is 1. The van der Waals surface area contributed by atoms with Gasteiger partial charge in [0.05, 0.1) is 0 Å². The zero-order valence-corrected chi connectivity index (χ0v) is 11.0. The van der Waals surface area contributed by atoms with Gasteiger partial charge in [0.15, 0.2) is 0 Å². The summed E-state index contributed by atoms with van der Waals surface area (Å²) in [6.45, 7) is 4.06. The third kappa shape index (κ3) is 2.39. The zero-order chi connectivity index (χ0) is 12.3. The lowest BCUT2D eigenvalue weighted by Gasteiger charge is -2.31. The van der Waals surface area contributed by atoms with E-state index in [0.717, 1.165) is 18.7 Å². The molecule has 0 aliphatic heterocycles. The van der Waals surface area contributed by atoms with Crippen molar-refractivity contribution in [1.29, 1.82) is 0 Å². The highest BCUT2D eigenvalue weighted by molar-refractivity contribution is 5.06. The summed E-state index contributed by atoms with van der Waals surface area (Å²) >= 11 is 0. The largest absolute Gasteiger partial charge is 0.382 e. The highest BCUT2D eigenvalue weighted by atomic mass is 16.3. The first-order chi connectivity index (χ1) is 8.21. The minimum absolute atomic E-state index is 0.547. The molecule has 1 aliphatic rings. The van der Waals surface area contributed by atoms with Crippen LogP contribution >= 0.6 is 0 Å². The lowest BCUT2D eigenvalue weighted by molar-refractivity contribution is 0.0136. The molecule has 3 heteroatoms. The van der Waals surface area contributed by atoms with Crippen molar-refractivity contribution in [3.8, 4) is 0 Å². The molecule has 96 valence electrons. The molecule has 17 heavy (non-hydrogen) atoms. The van der Waals surface area contributed by atoms with Gasteiger partial charge < -0.3 is 9.67 Å². The molecule has 1 saturated carbocycles. The summed E-state index contributed by atoms with van der Waals surface area (Å²) in [6.07, 6.45) is 11.8. The smallest absolute Gasteiger partial charge is 0.140 e. The summed E-state index contributed by atoms with van der Waals surface area (Å²) in [6, 6.07) is 0.547. The fourth-order valence-corrected chi connectivity index (χ4v) is 2.89. The molecule has 1 aromatic heterocycles. The molecular formula is C14H24N2O. The second-order valence-corrected chi connectivity index (χ2v) is 5.19. The van der Waals surface area contributed by atoms with Crippen LogP contribution in [0.3, 0.4) is 0 Å². The van der Waals surface area contributed by atoms with Gasteiger partial charge in [0.1, 0.15) is 11.4 Å². The topological polar surface area (TPSA) is 38.1 Å². The first-order valence-electron chi connectivity index (χ1n) is 6.97. The van der Waals surface area contributed by atoms with Crippen molar-refractivity contribution in [3.63, 3.8) is 0 Å². The third-order valence-electron chi connectivity index (χ3n) is 4.22. The minimum atomic E-state index is -0.749. The van der Waals surface area contributed by atoms with Gasteiger partial charge >= 0.3 is 0 Å². The van der Waals surface area contributed by atoms with Gasteiger partial charge in [-0.1, -0.05) is 33.1 Å². The van der Waals surface area contributed by atoms with Crippen molar-refractivity contribution in [3.05, 3.63) is 18.2 Å². The average molecular weight is 236 g/mol. The number of nitrogens with zero attached hydrogens (tertiary/aromatic N) is 2. The summed E-state index contributed by atoms with van der Waals surface area (Å²) in [4.78, 5) is 4.42. The first kappa shape index (κ1) is 12.6. The molecule has 0 atom stereocenters. The van der Waals surface area contributed by atoms with Crippen LogP contribution in [0.1, 0.15) is 70.7 Å². The second kappa shape index (κ2) is 5.21. The molecule has 1 fully saturated rings. The van der Waals surface area contributed by atoms with Crippen LogP contribution in [-0.4, -0.2) is 14.7 Å². The third-order valence-corrected chi connectivity index (χ3v) is 4.22. The predicted octanol–water partition coefficient (Wildman–Crippen LogP) is 3.40. The molecule has 1 aliphatic carbocycles. The van der Waals surface area contributed by atoms with Gasteiger partial charge in [-0.05, 0) is 25.7 Å². The Hall–Kier alpha value is -0.830. The average Bonchev–Trinajstić information content (AvgIpc) is 2.88. The maximum Gasteiger partial charge on any atom is 0.140 e. The van der Waals surface area contributed by atoms with Crippen LogP contribution in [0.25, 0.3) is 0 Å². The van der Waals surface area contributed by atoms with Gasteiger partial charge in [-0.3, -0.25) is 0 Å². The zero-order valence-electron chi connectivity index (χ0n) is 11.0. The molecule has 1 N–H and O–H groups in total. The van der Waals surface area contributed by atoms with E-state index in [2.05, 4.69) is 9.55 Å². The molecule has 3 nitrogen and oxygen atoms in total. The van der Waals surface area contributed by atoms with Crippen LogP contribution in [0.15, 0.2) is 12.4 Å². The van der Waals surface area contributed by atoms with Crippen LogP contribution < -0.4 is 0 Å². The van der Waals surface area contributed by atoms with Gasteiger partial charge in [0, 0.05) is 18.4 Å². The van der Waals surface area contributed by atoms with Gasteiger partial charge in [-0.25, -0.2) is 4.98 Å². The minimum Gasteiger partial charge on any atom is -0.382 e. The van der Waals surface area contributed by atoms with Crippen LogP contribution in [0, 0.1) is 0 Å². The first-order valence-corrected chi connectivity index (χ1v) is 6.97. The standard InChI is InChI=1S/C14H24N2O/c1-3-14(17,4-2)13-15-10-11-16(13)12-8-6-5-7-9-12/h10-12,17H,3-9H2,1-2H3. The Morgan fingerprint density at radius 2 is 1.94 bits per heavy atom. The van der Waals surface area contributed by atoms with E-state index in [1.807, 2.05) is 26.2 Å². The van der Waals surface area contributed by atoms with E-state index in [1.165, 1.54) is 32.1 Å². The van der Waals surface area contributed by atoms with Gasteiger partial charge in [-0.15, -0.1) is 0 Å². The number of rotatable bonds is 4. The number of aromatic nitrogens is 2. The van der Waals surface area contributed by atoms with E-state index < -0.39 is 5.60 Å². The summed E-state index contributed by atoms with van der Waals surface area (Å²) in [7, 11) is 0. The Balaban J connectivity index is 2.26. The van der Waals surface area contributed by atoms with Crippen molar-refractivity contribution in [2.24, 2.45) is 0 Å². The van der Waals surface area contributed by atoms with Crippen LogP contribution in [-0.2, 0) is 5.60 Å². The lowest BCUT2D eigenvalue weighted by Crippen LogP contribution is -2.30. The lowest BCUT2D eigenvalue weighted by atomic mass is 9.92. The molecule has 0 radical (unpaired) electrons. The Bertz CT molecular complexity index is 349. The van der Waals surface area contributed by atoms with Gasteiger partial charge in [0.25, 0.3) is 0 Å². The summed E-state index contributed by atoms with van der Waals surface area (Å²) in [5, 5.41) is 10.6. The molecule has 0 unspecified atom stereocenters. The summed E-state index contributed by atoms with van der Waals surface area (Å²) < 4.78 is 2.23. The Morgan fingerprint density at radius 3 is 2.53 bits per heavy atom. The normalized spacial score (nSPS) is 18.5. The fourth-order valence-electron chi connectivity index (χ4n) is 2.89. The van der Waals surface area contributed by atoms with Crippen molar-refractivity contribution < 1.29 is 5.11 Å².